The van der Waals surface area contributed by atoms with E-state index in [4.69, 9.17) is 16.0 Å². The molecule has 1 aromatic heterocycles. The van der Waals surface area contributed by atoms with E-state index in [2.05, 4.69) is 0 Å². The minimum atomic E-state index is -3.93. The number of furan rings is 1. The van der Waals surface area contributed by atoms with Crippen LogP contribution in [0.15, 0.2) is 39.8 Å². The molecule has 1 aromatic carbocycles. The van der Waals surface area contributed by atoms with Crippen LogP contribution in [0.25, 0.3) is 0 Å². The Morgan fingerprint density at radius 1 is 1.41 bits per heavy atom. The van der Waals surface area contributed by atoms with Crippen molar-refractivity contribution < 1.29 is 17.8 Å². The maximum absolute atomic E-state index is 12.5. The van der Waals surface area contributed by atoms with Crippen LogP contribution in [0.5, 0.6) is 0 Å². The Kier molecular flexibility index (Phi) is 4.55. The van der Waals surface area contributed by atoms with Gasteiger partial charge >= 0.3 is 0 Å². The lowest BCUT2D eigenvalue weighted by atomic mass is 10.2. The van der Waals surface area contributed by atoms with Crippen LogP contribution in [-0.4, -0.2) is 24.7 Å². The molecule has 0 aliphatic heterocycles. The van der Waals surface area contributed by atoms with Gasteiger partial charge in [-0.15, -0.1) is 0 Å². The van der Waals surface area contributed by atoms with Gasteiger partial charge in [0.1, 0.15) is 5.76 Å². The maximum Gasteiger partial charge on any atom is 0.275 e. The van der Waals surface area contributed by atoms with E-state index in [9.17, 15) is 18.5 Å². The molecule has 7 nitrogen and oxygen atoms in total. The highest BCUT2D eigenvalue weighted by Crippen LogP contribution is 2.30. The highest BCUT2D eigenvalue weighted by atomic mass is 35.5. The summed E-state index contributed by atoms with van der Waals surface area (Å²) < 4.78 is 31.1. The lowest BCUT2D eigenvalue weighted by Crippen LogP contribution is -2.26. The normalized spacial score (nSPS) is 11.8. The molecule has 1 heterocycles. The van der Waals surface area contributed by atoms with Crippen LogP contribution in [0, 0.1) is 17.0 Å². The van der Waals surface area contributed by atoms with Gasteiger partial charge in [-0.1, -0.05) is 11.6 Å². The van der Waals surface area contributed by atoms with Crippen LogP contribution in [0.1, 0.15) is 11.3 Å². The molecule has 2 rings (SSSR count). The first-order chi connectivity index (χ1) is 10.2. The Bertz CT molecular complexity index is 802. The summed E-state index contributed by atoms with van der Waals surface area (Å²) in [6.45, 7) is 1.47. The topological polar surface area (TPSA) is 93.7 Å². The van der Waals surface area contributed by atoms with E-state index in [0.717, 1.165) is 10.4 Å². The molecule has 0 aliphatic carbocycles. The minimum absolute atomic E-state index is 0.00856. The van der Waals surface area contributed by atoms with Gasteiger partial charge in [-0.3, -0.25) is 10.1 Å². The van der Waals surface area contributed by atoms with Gasteiger partial charge in [-0.05, 0) is 25.1 Å². The Balaban J connectivity index is 2.43. The van der Waals surface area contributed by atoms with E-state index in [1.807, 2.05) is 0 Å². The van der Waals surface area contributed by atoms with Gasteiger partial charge in [-0.25, -0.2) is 8.42 Å². The molecule has 0 bridgehead atoms. The van der Waals surface area contributed by atoms with Crippen molar-refractivity contribution in [3.63, 3.8) is 0 Å². The van der Waals surface area contributed by atoms with Crippen LogP contribution in [0.4, 0.5) is 5.69 Å². The van der Waals surface area contributed by atoms with Crippen molar-refractivity contribution in [2.45, 2.75) is 18.4 Å². The predicted molar refractivity (Wildman–Crippen MR) is 80.2 cm³/mol. The summed E-state index contributed by atoms with van der Waals surface area (Å²) in [5, 5.41) is 11.0. The van der Waals surface area contributed by atoms with Crippen molar-refractivity contribution in [1.29, 1.82) is 0 Å². The van der Waals surface area contributed by atoms with Gasteiger partial charge in [0.05, 0.1) is 27.6 Å². The Morgan fingerprint density at radius 3 is 2.64 bits per heavy atom. The first-order valence-corrected chi connectivity index (χ1v) is 7.98. The zero-order chi connectivity index (χ0) is 16.5. The van der Waals surface area contributed by atoms with Crippen molar-refractivity contribution in [2.24, 2.45) is 0 Å². The molecule has 0 amide bonds. The first kappa shape index (κ1) is 16.5. The smallest absolute Gasteiger partial charge is 0.275 e. The maximum atomic E-state index is 12.5. The largest absolute Gasteiger partial charge is 0.468 e. The number of halogens is 1. The first-order valence-electron chi connectivity index (χ1n) is 6.16. The number of nitrogens with zero attached hydrogens (tertiary/aromatic N) is 2. The van der Waals surface area contributed by atoms with Gasteiger partial charge in [0.2, 0.25) is 10.0 Å². The van der Waals surface area contributed by atoms with E-state index in [1.165, 1.54) is 26.3 Å². The molecule has 0 atom stereocenters. The number of nitro groups is 1. The summed E-state index contributed by atoms with van der Waals surface area (Å²) in [5.74, 6) is 0.457. The second-order valence-corrected chi connectivity index (χ2v) is 7.10. The molecule has 0 N–H and O–H groups in total. The monoisotopic (exact) mass is 344 g/mol. The van der Waals surface area contributed by atoms with Gasteiger partial charge < -0.3 is 4.42 Å². The second-order valence-electron chi connectivity index (χ2n) is 4.65. The fourth-order valence-electron chi connectivity index (χ4n) is 1.87. The zero-order valence-corrected chi connectivity index (χ0v) is 13.4. The summed E-state index contributed by atoms with van der Waals surface area (Å²) >= 11 is 5.91. The molecule has 118 valence electrons. The molecular formula is C13H13ClN2O5S. The predicted octanol–water partition coefficient (Wildman–Crippen LogP) is 2.97. The lowest BCUT2D eigenvalue weighted by Gasteiger charge is -2.16. The van der Waals surface area contributed by atoms with E-state index in [-0.39, 0.29) is 27.7 Å². The molecule has 0 spiro atoms. The molecule has 2 aromatic rings. The number of benzene rings is 1. The molecule has 9 heteroatoms. The fraction of sp³-hybridized carbons (Fsp3) is 0.231. The highest BCUT2D eigenvalue weighted by Gasteiger charge is 2.26. The molecule has 22 heavy (non-hydrogen) atoms. The van der Waals surface area contributed by atoms with Crippen molar-refractivity contribution >= 4 is 27.3 Å². The van der Waals surface area contributed by atoms with E-state index < -0.39 is 14.9 Å². The lowest BCUT2D eigenvalue weighted by molar-refractivity contribution is -0.385. The third kappa shape index (κ3) is 3.13. The Morgan fingerprint density at radius 2 is 2.09 bits per heavy atom. The second kappa shape index (κ2) is 6.07. The SMILES string of the molecule is Cc1c(Cl)cc(S(=O)(=O)N(C)Cc2ccco2)cc1[N+](=O)[O-]. The Hall–Kier alpha value is -1.90. The number of sulfonamides is 1. The molecule has 0 aliphatic rings. The third-order valence-corrected chi connectivity index (χ3v) is 5.33. The quantitative estimate of drug-likeness (QED) is 0.614. The van der Waals surface area contributed by atoms with E-state index in [1.54, 1.807) is 12.1 Å². The van der Waals surface area contributed by atoms with Crippen LogP contribution in [-0.2, 0) is 16.6 Å². The number of nitro benzene ring substituents is 1. The van der Waals surface area contributed by atoms with E-state index >= 15 is 0 Å². The number of hydrogen-bond donors (Lipinski definition) is 0. The van der Waals surface area contributed by atoms with Crippen molar-refractivity contribution in [3.05, 3.63) is 57.0 Å². The van der Waals surface area contributed by atoms with Gasteiger partial charge in [0.25, 0.3) is 5.69 Å². The molecule has 0 radical (unpaired) electrons. The molecular weight excluding hydrogens is 332 g/mol. The summed E-state index contributed by atoms with van der Waals surface area (Å²) in [7, 11) is -2.57. The zero-order valence-electron chi connectivity index (χ0n) is 11.8. The summed E-state index contributed by atoms with van der Waals surface area (Å²) in [6, 6.07) is 5.49. The standard InChI is InChI=1S/C13H13ClN2O5S/c1-9-12(14)6-11(7-13(9)16(17)18)22(19,20)15(2)8-10-4-3-5-21-10/h3-7H,8H2,1-2H3. The third-order valence-electron chi connectivity index (χ3n) is 3.15. The van der Waals surface area contributed by atoms with Crippen LogP contribution < -0.4 is 0 Å². The van der Waals surface area contributed by atoms with Crippen LogP contribution >= 0.6 is 11.6 Å². The number of hydrogen-bond acceptors (Lipinski definition) is 5. The summed E-state index contributed by atoms with van der Waals surface area (Å²) in [6.07, 6.45) is 1.43. The van der Waals surface area contributed by atoms with Gasteiger partial charge in [0, 0.05) is 18.7 Å². The number of rotatable bonds is 5. The van der Waals surface area contributed by atoms with Crippen molar-refractivity contribution in [2.75, 3.05) is 7.05 Å². The fourth-order valence-corrected chi connectivity index (χ4v) is 3.33. The average molecular weight is 345 g/mol. The molecule has 0 fully saturated rings. The van der Waals surface area contributed by atoms with E-state index in [0.29, 0.717) is 5.76 Å². The Labute approximate surface area is 132 Å². The summed E-state index contributed by atoms with van der Waals surface area (Å²) in [5.41, 5.74) is -0.114. The average Bonchev–Trinajstić information content (AvgIpc) is 2.93. The summed E-state index contributed by atoms with van der Waals surface area (Å²) in [4.78, 5) is 10.1. The molecule has 0 unspecified atom stereocenters. The van der Waals surface area contributed by atoms with Gasteiger partial charge in [0.15, 0.2) is 0 Å². The van der Waals surface area contributed by atoms with Crippen molar-refractivity contribution in [1.82, 2.24) is 4.31 Å². The van der Waals surface area contributed by atoms with Crippen LogP contribution in [0.3, 0.4) is 0 Å². The highest BCUT2D eigenvalue weighted by molar-refractivity contribution is 7.89. The molecule has 0 saturated heterocycles. The van der Waals surface area contributed by atoms with Crippen molar-refractivity contribution in [3.8, 4) is 0 Å². The molecule has 0 saturated carbocycles. The minimum Gasteiger partial charge on any atom is -0.468 e. The van der Waals surface area contributed by atoms with Crippen LogP contribution in [0.2, 0.25) is 5.02 Å². The van der Waals surface area contributed by atoms with Gasteiger partial charge in [-0.2, -0.15) is 4.31 Å².